The van der Waals surface area contributed by atoms with Crippen molar-refractivity contribution in [3.8, 4) is 5.75 Å². The molecule has 164 valence electrons. The van der Waals surface area contributed by atoms with E-state index in [0.717, 1.165) is 56.7 Å². The first kappa shape index (κ1) is 20.5. The molecule has 0 saturated carbocycles. The Bertz CT molecular complexity index is 935. The first-order valence-corrected chi connectivity index (χ1v) is 11.5. The van der Waals surface area contributed by atoms with Crippen LogP contribution in [0.25, 0.3) is 0 Å². The second-order valence-electron chi connectivity index (χ2n) is 10.0. The molecular weight excluding hydrogens is 388 g/mol. The Balaban J connectivity index is 1.22. The van der Waals surface area contributed by atoms with Crippen molar-refractivity contribution in [2.24, 2.45) is 11.3 Å². The minimum Gasteiger partial charge on any atom is -0.487 e. The van der Waals surface area contributed by atoms with Crippen molar-refractivity contribution in [2.45, 2.75) is 57.7 Å². The summed E-state index contributed by atoms with van der Waals surface area (Å²) in [4.78, 5) is 19.0. The smallest absolute Gasteiger partial charge is 0.222 e. The van der Waals surface area contributed by atoms with Crippen molar-refractivity contribution >= 4 is 5.91 Å². The molecule has 3 aliphatic heterocycles. The van der Waals surface area contributed by atoms with E-state index in [-0.39, 0.29) is 23.0 Å². The molecule has 1 spiro atoms. The van der Waals surface area contributed by atoms with Gasteiger partial charge in [-0.2, -0.15) is 0 Å². The summed E-state index contributed by atoms with van der Waals surface area (Å²) in [5.74, 6) is 1.53. The number of nitrogens with zero attached hydrogens (tertiary/aromatic N) is 2. The lowest BCUT2D eigenvalue weighted by molar-refractivity contribution is -0.176. The van der Waals surface area contributed by atoms with E-state index in [0.29, 0.717) is 12.3 Å². The molecule has 4 heterocycles. The molecule has 5 heteroatoms. The Morgan fingerprint density at radius 1 is 1.16 bits per heavy atom. The maximum atomic E-state index is 12.8. The number of benzene rings is 1. The molecule has 0 bridgehead atoms. The SMILES string of the molecule is CC1(C)Oc2ccccc2[C@H]2OCC3(CCN(C(=O)CCc4cccnc4)CC3)C[C@@H]21. The summed E-state index contributed by atoms with van der Waals surface area (Å²) < 4.78 is 13.0. The monoisotopic (exact) mass is 420 g/mol. The van der Waals surface area contributed by atoms with Crippen LogP contribution in [-0.4, -0.2) is 41.1 Å². The molecular formula is C26H32N2O3. The average Bonchev–Trinajstić information content (AvgIpc) is 2.79. The zero-order chi connectivity index (χ0) is 21.5. The third-order valence-corrected chi connectivity index (χ3v) is 7.61. The minimum absolute atomic E-state index is 0.102. The summed E-state index contributed by atoms with van der Waals surface area (Å²) >= 11 is 0. The number of ether oxygens (including phenoxy) is 2. The van der Waals surface area contributed by atoms with Gasteiger partial charge < -0.3 is 14.4 Å². The van der Waals surface area contributed by atoms with Gasteiger partial charge in [-0.15, -0.1) is 0 Å². The van der Waals surface area contributed by atoms with Crippen LogP contribution in [0.1, 0.15) is 56.8 Å². The van der Waals surface area contributed by atoms with Gasteiger partial charge in [0.25, 0.3) is 0 Å². The van der Waals surface area contributed by atoms with Gasteiger partial charge in [-0.25, -0.2) is 0 Å². The number of rotatable bonds is 3. The van der Waals surface area contributed by atoms with Gasteiger partial charge >= 0.3 is 0 Å². The first-order valence-electron chi connectivity index (χ1n) is 11.5. The van der Waals surface area contributed by atoms with Crippen molar-refractivity contribution in [3.05, 3.63) is 59.9 Å². The summed E-state index contributed by atoms with van der Waals surface area (Å²) in [7, 11) is 0. The fraction of sp³-hybridized carbons (Fsp3) is 0.538. The average molecular weight is 421 g/mol. The Kier molecular flexibility index (Phi) is 5.25. The minimum atomic E-state index is -0.261. The van der Waals surface area contributed by atoms with E-state index in [1.807, 2.05) is 29.3 Å². The fourth-order valence-corrected chi connectivity index (χ4v) is 5.63. The standard InChI is InChI=1S/C26H32N2O3/c1-25(2)21-16-26(18-30-24(21)20-7-3-4-8-22(20)31-25)11-14-28(15-12-26)23(29)10-9-19-6-5-13-27-17-19/h3-8,13,17,21,24H,9-12,14-16,18H2,1-2H3/t21-,24+/m0/s1. The summed E-state index contributed by atoms with van der Waals surface area (Å²) in [6.45, 7) is 6.81. The molecule has 31 heavy (non-hydrogen) atoms. The predicted octanol–water partition coefficient (Wildman–Crippen LogP) is 4.57. The quantitative estimate of drug-likeness (QED) is 0.730. The number of fused-ring (bicyclic) bond motifs is 3. The third kappa shape index (κ3) is 3.96. The molecule has 2 aromatic rings. The van der Waals surface area contributed by atoms with E-state index in [1.165, 1.54) is 5.56 Å². The lowest BCUT2D eigenvalue weighted by atomic mass is 9.64. The van der Waals surface area contributed by atoms with Crippen LogP contribution in [0.3, 0.4) is 0 Å². The van der Waals surface area contributed by atoms with Gasteiger partial charge in [0.05, 0.1) is 12.7 Å². The Hall–Kier alpha value is -2.40. The van der Waals surface area contributed by atoms with E-state index < -0.39 is 0 Å². The summed E-state index contributed by atoms with van der Waals surface area (Å²) in [5, 5.41) is 0. The number of likely N-dealkylation sites (tertiary alicyclic amines) is 1. The Labute approximate surface area is 184 Å². The largest absolute Gasteiger partial charge is 0.487 e. The van der Waals surface area contributed by atoms with Crippen LogP contribution in [0, 0.1) is 11.3 Å². The van der Waals surface area contributed by atoms with Gasteiger partial charge in [-0.05, 0) is 62.6 Å². The van der Waals surface area contributed by atoms with Crippen LogP contribution in [-0.2, 0) is 16.0 Å². The van der Waals surface area contributed by atoms with Crippen LogP contribution in [0.15, 0.2) is 48.8 Å². The molecule has 2 fully saturated rings. The first-order chi connectivity index (χ1) is 15.0. The van der Waals surface area contributed by atoms with Crippen LogP contribution < -0.4 is 4.74 Å². The van der Waals surface area contributed by atoms with E-state index in [4.69, 9.17) is 9.47 Å². The molecule has 3 aliphatic rings. The third-order valence-electron chi connectivity index (χ3n) is 7.61. The van der Waals surface area contributed by atoms with Crippen LogP contribution >= 0.6 is 0 Å². The lowest BCUT2D eigenvalue weighted by Gasteiger charge is -2.54. The number of carbonyl (C=O) groups is 1. The van der Waals surface area contributed by atoms with E-state index >= 15 is 0 Å². The zero-order valence-corrected chi connectivity index (χ0v) is 18.5. The molecule has 1 aromatic carbocycles. The number of hydrogen-bond acceptors (Lipinski definition) is 4. The van der Waals surface area contributed by atoms with Crippen LogP contribution in [0.4, 0.5) is 0 Å². The molecule has 0 radical (unpaired) electrons. The highest BCUT2D eigenvalue weighted by Crippen LogP contribution is 2.55. The van der Waals surface area contributed by atoms with E-state index in [2.05, 4.69) is 37.0 Å². The molecule has 2 atom stereocenters. The molecule has 5 nitrogen and oxygen atoms in total. The zero-order valence-electron chi connectivity index (χ0n) is 18.5. The highest BCUT2D eigenvalue weighted by atomic mass is 16.5. The Morgan fingerprint density at radius 3 is 2.74 bits per heavy atom. The number of aryl methyl sites for hydroxylation is 1. The maximum absolute atomic E-state index is 12.8. The van der Waals surface area contributed by atoms with Gasteiger partial charge in [0.2, 0.25) is 5.91 Å². The number of pyridine rings is 1. The highest BCUT2D eigenvalue weighted by molar-refractivity contribution is 5.76. The number of piperidine rings is 1. The second-order valence-corrected chi connectivity index (χ2v) is 10.0. The number of hydrogen-bond donors (Lipinski definition) is 0. The number of carbonyl (C=O) groups excluding carboxylic acids is 1. The van der Waals surface area contributed by atoms with Crippen molar-refractivity contribution in [2.75, 3.05) is 19.7 Å². The topological polar surface area (TPSA) is 51.7 Å². The van der Waals surface area contributed by atoms with Gasteiger partial charge in [-0.1, -0.05) is 24.3 Å². The maximum Gasteiger partial charge on any atom is 0.222 e. The molecule has 0 aliphatic carbocycles. The van der Waals surface area contributed by atoms with Gasteiger partial charge in [0.1, 0.15) is 11.4 Å². The van der Waals surface area contributed by atoms with Gasteiger partial charge in [0, 0.05) is 43.4 Å². The molecule has 2 saturated heterocycles. The summed E-state index contributed by atoms with van der Waals surface area (Å²) in [5.41, 5.74) is 2.19. The number of amides is 1. The number of para-hydroxylation sites is 1. The fourth-order valence-electron chi connectivity index (χ4n) is 5.63. The normalized spacial score (nSPS) is 25.9. The summed E-state index contributed by atoms with van der Waals surface area (Å²) in [6, 6.07) is 12.3. The molecule has 0 N–H and O–H groups in total. The Morgan fingerprint density at radius 2 is 1.97 bits per heavy atom. The van der Waals surface area contributed by atoms with Crippen LogP contribution in [0.2, 0.25) is 0 Å². The predicted molar refractivity (Wildman–Crippen MR) is 119 cm³/mol. The van der Waals surface area contributed by atoms with Crippen molar-refractivity contribution < 1.29 is 14.3 Å². The highest BCUT2D eigenvalue weighted by Gasteiger charge is 2.52. The molecule has 1 amide bonds. The molecule has 1 aromatic heterocycles. The number of aromatic nitrogens is 1. The van der Waals surface area contributed by atoms with Crippen LogP contribution in [0.5, 0.6) is 5.75 Å². The molecule has 5 rings (SSSR count). The van der Waals surface area contributed by atoms with Crippen molar-refractivity contribution in [3.63, 3.8) is 0 Å². The van der Waals surface area contributed by atoms with E-state index in [1.54, 1.807) is 6.20 Å². The van der Waals surface area contributed by atoms with Crippen molar-refractivity contribution in [1.82, 2.24) is 9.88 Å². The summed E-state index contributed by atoms with van der Waals surface area (Å²) in [6.07, 6.45) is 8.13. The van der Waals surface area contributed by atoms with Gasteiger partial charge in [-0.3, -0.25) is 9.78 Å². The van der Waals surface area contributed by atoms with Crippen molar-refractivity contribution in [1.29, 1.82) is 0 Å². The lowest BCUT2D eigenvalue weighted by Crippen LogP contribution is -2.54. The molecule has 0 unspecified atom stereocenters. The van der Waals surface area contributed by atoms with E-state index in [9.17, 15) is 4.79 Å². The second kappa shape index (κ2) is 7.94. The van der Waals surface area contributed by atoms with Gasteiger partial charge in [0.15, 0.2) is 0 Å².